The Morgan fingerprint density at radius 2 is 1.17 bits per heavy atom. The Morgan fingerprint density at radius 1 is 0.690 bits per heavy atom. The van der Waals surface area contributed by atoms with E-state index in [1.54, 1.807) is 6.92 Å². The van der Waals surface area contributed by atoms with Gasteiger partial charge in [-0.15, -0.1) is 0 Å². The van der Waals surface area contributed by atoms with Crippen molar-refractivity contribution in [2.45, 2.75) is 86.5 Å². The summed E-state index contributed by atoms with van der Waals surface area (Å²) in [6.07, 6.45) is 19.1. The fraction of sp³-hybridized carbons (Fsp3) is 0.481. The van der Waals surface area contributed by atoms with Crippen LogP contribution in [-0.4, -0.2) is 11.6 Å². The third kappa shape index (κ3) is 10.8. The number of rotatable bonds is 11. The van der Waals surface area contributed by atoms with Crippen LogP contribution in [0.5, 0.6) is 0 Å². The number of allylic oxidation sites excluding steroid dienone is 12. The summed E-state index contributed by atoms with van der Waals surface area (Å²) in [7, 11) is 0. The van der Waals surface area contributed by atoms with Crippen LogP contribution in [0.3, 0.4) is 0 Å². The Morgan fingerprint density at radius 3 is 1.69 bits per heavy atom. The Kier molecular flexibility index (Phi) is 11.2. The quantitative estimate of drug-likeness (QED) is 0.268. The summed E-state index contributed by atoms with van der Waals surface area (Å²) in [4.78, 5) is 23.7. The first-order valence-electron chi connectivity index (χ1n) is 10.8. The second-order valence-electron chi connectivity index (χ2n) is 8.48. The smallest absolute Gasteiger partial charge is 0.182 e. The largest absolute Gasteiger partial charge is 0.290 e. The van der Waals surface area contributed by atoms with Gasteiger partial charge in [-0.25, -0.2) is 0 Å². The zero-order valence-electron chi connectivity index (χ0n) is 19.2. The Hall–Kier alpha value is -2.22. The average Bonchev–Trinajstić information content (AvgIpc) is 2.63. The van der Waals surface area contributed by atoms with Gasteiger partial charge in [0.15, 0.2) is 11.6 Å². The maximum atomic E-state index is 12.0. The van der Waals surface area contributed by atoms with E-state index < -0.39 is 0 Å². The molecule has 0 aliphatic heterocycles. The summed E-state index contributed by atoms with van der Waals surface area (Å²) < 4.78 is 0. The Balaban J connectivity index is 2.35. The van der Waals surface area contributed by atoms with Gasteiger partial charge in [0, 0.05) is 11.1 Å². The predicted octanol–water partition coefficient (Wildman–Crippen LogP) is 7.55. The van der Waals surface area contributed by atoms with E-state index in [-0.39, 0.29) is 11.6 Å². The highest BCUT2D eigenvalue weighted by atomic mass is 16.1. The SMILES string of the molecule is CC(C)=CCC/C(C)=C/CC/C(C)=C/CC/C(C)=C/CC1=CC(=O)C(C)=CC1=O. The number of hydrogen-bond acceptors (Lipinski definition) is 2. The van der Waals surface area contributed by atoms with Crippen molar-refractivity contribution in [3.05, 3.63) is 69.9 Å². The molecule has 1 aliphatic rings. The maximum absolute atomic E-state index is 12.0. The van der Waals surface area contributed by atoms with Crippen LogP contribution in [0.2, 0.25) is 0 Å². The molecule has 0 bridgehead atoms. The van der Waals surface area contributed by atoms with Crippen molar-refractivity contribution in [1.29, 1.82) is 0 Å². The molecule has 2 heteroatoms. The van der Waals surface area contributed by atoms with Crippen LogP contribution in [-0.2, 0) is 9.59 Å². The summed E-state index contributed by atoms with van der Waals surface area (Å²) in [6, 6.07) is 0. The first-order chi connectivity index (χ1) is 13.7. The van der Waals surface area contributed by atoms with E-state index in [9.17, 15) is 9.59 Å². The van der Waals surface area contributed by atoms with Gasteiger partial charge >= 0.3 is 0 Å². The van der Waals surface area contributed by atoms with E-state index in [0.717, 1.165) is 38.5 Å². The highest BCUT2D eigenvalue weighted by Gasteiger charge is 2.16. The van der Waals surface area contributed by atoms with Crippen molar-refractivity contribution in [2.24, 2.45) is 0 Å². The standard InChI is InChI=1S/C27H38O2/c1-20(2)10-7-11-21(3)12-8-13-22(4)14-9-15-23(5)16-17-25-19-26(28)24(6)18-27(25)29/h10,12,14,16,18-19H,7-9,11,13,15,17H2,1-6H3/b21-12+,22-14+,23-16+. The molecule has 0 aromatic carbocycles. The van der Waals surface area contributed by atoms with Crippen molar-refractivity contribution >= 4 is 11.6 Å². The maximum Gasteiger partial charge on any atom is 0.182 e. The number of carbonyl (C=O) groups is 2. The van der Waals surface area contributed by atoms with Crippen molar-refractivity contribution in [2.75, 3.05) is 0 Å². The molecule has 0 unspecified atom stereocenters. The van der Waals surface area contributed by atoms with Crippen LogP contribution in [0.25, 0.3) is 0 Å². The number of ketones is 2. The molecule has 0 radical (unpaired) electrons. The van der Waals surface area contributed by atoms with Gasteiger partial charge in [-0.1, -0.05) is 46.6 Å². The summed E-state index contributed by atoms with van der Waals surface area (Å²) >= 11 is 0. The minimum absolute atomic E-state index is 0.0360. The summed E-state index contributed by atoms with van der Waals surface area (Å²) in [5.41, 5.74) is 6.68. The number of hydrogen-bond donors (Lipinski definition) is 0. The average molecular weight is 395 g/mol. The molecule has 1 rings (SSSR count). The topological polar surface area (TPSA) is 34.1 Å². The lowest BCUT2D eigenvalue weighted by atomic mass is 9.95. The Bertz CT molecular complexity index is 775. The molecule has 0 aromatic rings. The van der Waals surface area contributed by atoms with Gasteiger partial charge in [0.1, 0.15) is 0 Å². The van der Waals surface area contributed by atoms with Gasteiger partial charge in [-0.3, -0.25) is 9.59 Å². The van der Waals surface area contributed by atoms with Crippen LogP contribution >= 0.6 is 0 Å². The molecule has 0 N–H and O–H groups in total. The van der Waals surface area contributed by atoms with Gasteiger partial charge in [0.2, 0.25) is 0 Å². The zero-order chi connectivity index (χ0) is 21.8. The molecular formula is C27H38O2. The van der Waals surface area contributed by atoms with Crippen LogP contribution in [0.1, 0.15) is 86.5 Å². The van der Waals surface area contributed by atoms with E-state index >= 15 is 0 Å². The van der Waals surface area contributed by atoms with Crippen molar-refractivity contribution in [3.63, 3.8) is 0 Å². The molecule has 0 heterocycles. The lowest BCUT2D eigenvalue weighted by molar-refractivity contribution is -0.115. The van der Waals surface area contributed by atoms with Crippen LogP contribution in [0.15, 0.2) is 69.9 Å². The van der Waals surface area contributed by atoms with E-state index in [4.69, 9.17) is 0 Å². The fourth-order valence-corrected chi connectivity index (χ4v) is 3.13. The van der Waals surface area contributed by atoms with Crippen LogP contribution in [0, 0.1) is 0 Å². The van der Waals surface area contributed by atoms with E-state index in [1.807, 2.05) is 0 Å². The molecule has 0 saturated carbocycles. The molecule has 0 aromatic heterocycles. The van der Waals surface area contributed by atoms with Crippen molar-refractivity contribution in [3.8, 4) is 0 Å². The Labute approximate surface area is 177 Å². The van der Waals surface area contributed by atoms with E-state index in [1.165, 1.54) is 34.4 Å². The van der Waals surface area contributed by atoms with E-state index in [2.05, 4.69) is 58.9 Å². The van der Waals surface area contributed by atoms with Crippen LogP contribution in [0.4, 0.5) is 0 Å². The number of carbonyl (C=O) groups excluding carboxylic acids is 2. The molecule has 0 saturated heterocycles. The molecule has 0 spiro atoms. The third-order valence-corrected chi connectivity index (χ3v) is 5.18. The molecule has 29 heavy (non-hydrogen) atoms. The summed E-state index contributed by atoms with van der Waals surface area (Å²) in [6.45, 7) is 12.5. The first-order valence-corrected chi connectivity index (χ1v) is 10.8. The molecule has 158 valence electrons. The van der Waals surface area contributed by atoms with E-state index in [0.29, 0.717) is 17.6 Å². The van der Waals surface area contributed by atoms with Crippen LogP contribution < -0.4 is 0 Å². The highest BCUT2D eigenvalue weighted by Crippen LogP contribution is 2.18. The van der Waals surface area contributed by atoms with Gasteiger partial charge < -0.3 is 0 Å². The molecule has 0 amide bonds. The fourth-order valence-electron chi connectivity index (χ4n) is 3.13. The molecule has 0 atom stereocenters. The summed E-state index contributed by atoms with van der Waals surface area (Å²) in [5, 5.41) is 0. The molecule has 0 fully saturated rings. The minimum Gasteiger partial charge on any atom is -0.290 e. The van der Waals surface area contributed by atoms with Crippen molar-refractivity contribution < 1.29 is 9.59 Å². The zero-order valence-corrected chi connectivity index (χ0v) is 19.2. The second-order valence-corrected chi connectivity index (χ2v) is 8.48. The molecule has 2 nitrogen and oxygen atoms in total. The van der Waals surface area contributed by atoms with Gasteiger partial charge in [0.05, 0.1) is 0 Å². The van der Waals surface area contributed by atoms with Gasteiger partial charge in [-0.05, 0) is 98.6 Å². The second kappa shape index (κ2) is 13.1. The normalized spacial score (nSPS) is 16.0. The highest BCUT2D eigenvalue weighted by molar-refractivity contribution is 6.19. The molecule has 1 aliphatic carbocycles. The minimum atomic E-state index is -0.0505. The lowest BCUT2D eigenvalue weighted by Crippen LogP contribution is -2.11. The first kappa shape index (κ1) is 24.8. The lowest BCUT2D eigenvalue weighted by Gasteiger charge is -2.08. The third-order valence-electron chi connectivity index (χ3n) is 5.18. The monoisotopic (exact) mass is 394 g/mol. The van der Waals surface area contributed by atoms with Gasteiger partial charge in [-0.2, -0.15) is 0 Å². The molecular weight excluding hydrogens is 356 g/mol. The van der Waals surface area contributed by atoms with Crippen molar-refractivity contribution in [1.82, 2.24) is 0 Å². The predicted molar refractivity (Wildman–Crippen MR) is 125 cm³/mol. The van der Waals surface area contributed by atoms with Gasteiger partial charge in [0.25, 0.3) is 0 Å². The summed E-state index contributed by atoms with van der Waals surface area (Å²) in [5.74, 6) is -0.0865.